The van der Waals surface area contributed by atoms with Crippen molar-refractivity contribution in [3.05, 3.63) is 23.8 Å². The molecule has 6 heteroatoms. The van der Waals surface area contributed by atoms with E-state index in [-0.39, 0.29) is 0 Å². The molecule has 1 N–H and O–H groups in total. The highest BCUT2D eigenvalue weighted by Crippen LogP contribution is 2.27. The van der Waals surface area contributed by atoms with Gasteiger partial charge in [-0.15, -0.1) is 0 Å². The van der Waals surface area contributed by atoms with Gasteiger partial charge in [-0.25, -0.2) is 0 Å². The zero-order chi connectivity index (χ0) is 17.8. The van der Waals surface area contributed by atoms with Crippen LogP contribution in [0.2, 0.25) is 0 Å². The van der Waals surface area contributed by atoms with E-state index in [1.807, 2.05) is 12.1 Å². The minimum atomic E-state index is 0.734. The molecule has 0 spiro atoms. The SMILES string of the molecule is CCNC(=NCCCOC)N(C)CCc1ccc(OC)c(OC)c1. The molecule has 24 heavy (non-hydrogen) atoms. The van der Waals surface area contributed by atoms with Gasteiger partial charge in [0.15, 0.2) is 17.5 Å². The van der Waals surface area contributed by atoms with Crippen molar-refractivity contribution in [3.63, 3.8) is 0 Å². The molecule has 0 aliphatic heterocycles. The molecule has 0 saturated carbocycles. The van der Waals surface area contributed by atoms with E-state index in [9.17, 15) is 0 Å². The average Bonchev–Trinajstić information content (AvgIpc) is 2.61. The van der Waals surface area contributed by atoms with Gasteiger partial charge in [-0.3, -0.25) is 4.99 Å². The molecule has 0 saturated heterocycles. The lowest BCUT2D eigenvalue weighted by Crippen LogP contribution is -2.40. The van der Waals surface area contributed by atoms with Crippen LogP contribution in [0.3, 0.4) is 0 Å². The summed E-state index contributed by atoms with van der Waals surface area (Å²) in [5.74, 6) is 2.44. The largest absolute Gasteiger partial charge is 0.493 e. The van der Waals surface area contributed by atoms with Gasteiger partial charge in [0, 0.05) is 40.4 Å². The molecule has 1 aromatic carbocycles. The zero-order valence-corrected chi connectivity index (χ0v) is 15.6. The standard InChI is InChI=1S/C18H31N3O3/c1-6-19-18(20-11-7-13-22-3)21(2)12-10-15-8-9-16(23-4)17(14-15)24-5/h8-9,14H,6-7,10-13H2,1-5H3,(H,19,20). The predicted octanol–water partition coefficient (Wildman–Crippen LogP) is 2.18. The summed E-state index contributed by atoms with van der Waals surface area (Å²) in [6.45, 7) is 5.29. The first-order valence-corrected chi connectivity index (χ1v) is 8.35. The Morgan fingerprint density at radius 1 is 1.17 bits per heavy atom. The molecule has 0 atom stereocenters. The van der Waals surface area contributed by atoms with E-state index in [0.29, 0.717) is 0 Å². The molecule has 0 heterocycles. The van der Waals surface area contributed by atoms with Crippen molar-refractivity contribution in [2.75, 3.05) is 54.6 Å². The maximum atomic E-state index is 5.36. The second-order valence-electron chi connectivity index (χ2n) is 5.44. The molecule has 136 valence electrons. The highest BCUT2D eigenvalue weighted by molar-refractivity contribution is 5.79. The van der Waals surface area contributed by atoms with Crippen molar-refractivity contribution >= 4 is 5.96 Å². The van der Waals surface area contributed by atoms with E-state index in [1.54, 1.807) is 21.3 Å². The molecular formula is C18H31N3O3. The summed E-state index contributed by atoms with van der Waals surface area (Å²) in [7, 11) is 7.07. The number of nitrogens with zero attached hydrogens (tertiary/aromatic N) is 2. The Bertz CT molecular complexity index is 506. The van der Waals surface area contributed by atoms with Crippen molar-refractivity contribution < 1.29 is 14.2 Å². The van der Waals surface area contributed by atoms with Gasteiger partial charge in [0.25, 0.3) is 0 Å². The van der Waals surface area contributed by atoms with Crippen molar-refractivity contribution in [2.45, 2.75) is 19.8 Å². The summed E-state index contributed by atoms with van der Waals surface area (Å²) in [5.41, 5.74) is 1.20. The van der Waals surface area contributed by atoms with Gasteiger partial charge in [-0.05, 0) is 37.5 Å². The Hall–Kier alpha value is -1.95. The van der Waals surface area contributed by atoms with Crippen LogP contribution in [-0.2, 0) is 11.2 Å². The van der Waals surface area contributed by atoms with Crippen molar-refractivity contribution in [3.8, 4) is 11.5 Å². The number of rotatable bonds is 10. The summed E-state index contributed by atoms with van der Waals surface area (Å²) in [6.07, 6.45) is 1.83. The highest BCUT2D eigenvalue weighted by Gasteiger charge is 2.08. The number of nitrogens with one attached hydrogen (secondary N) is 1. The Morgan fingerprint density at radius 3 is 2.54 bits per heavy atom. The second-order valence-corrected chi connectivity index (χ2v) is 5.44. The summed E-state index contributed by atoms with van der Waals surface area (Å²) >= 11 is 0. The van der Waals surface area contributed by atoms with Gasteiger partial charge in [-0.1, -0.05) is 6.07 Å². The molecule has 0 radical (unpaired) electrons. The van der Waals surface area contributed by atoms with E-state index in [4.69, 9.17) is 14.2 Å². The number of hydrogen-bond donors (Lipinski definition) is 1. The van der Waals surface area contributed by atoms with Crippen LogP contribution < -0.4 is 14.8 Å². The van der Waals surface area contributed by atoms with Gasteiger partial charge >= 0.3 is 0 Å². The molecule has 1 rings (SSSR count). The maximum Gasteiger partial charge on any atom is 0.193 e. The third-order valence-corrected chi connectivity index (χ3v) is 3.65. The first kappa shape index (κ1) is 20.1. The van der Waals surface area contributed by atoms with Gasteiger partial charge in [0.2, 0.25) is 0 Å². The second kappa shape index (κ2) is 11.6. The number of likely N-dealkylation sites (N-methyl/N-ethyl adjacent to an activating group) is 1. The smallest absolute Gasteiger partial charge is 0.193 e. The molecular weight excluding hydrogens is 306 g/mol. The van der Waals surface area contributed by atoms with E-state index in [2.05, 4.69) is 35.2 Å². The fourth-order valence-corrected chi connectivity index (χ4v) is 2.30. The predicted molar refractivity (Wildman–Crippen MR) is 98.4 cm³/mol. The number of ether oxygens (including phenoxy) is 3. The van der Waals surface area contributed by atoms with E-state index in [1.165, 1.54) is 5.56 Å². The first-order valence-electron chi connectivity index (χ1n) is 8.35. The minimum Gasteiger partial charge on any atom is -0.493 e. The number of aliphatic imine (C=N–C) groups is 1. The molecule has 0 fully saturated rings. The normalized spacial score (nSPS) is 11.3. The van der Waals surface area contributed by atoms with Crippen LogP contribution >= 0.6 is 0 Å². The van der Waals surface area contributed by atoms with Crippen LogP contribution in [0.5, 0.6) is 11.5 Å². The van der Waals surface area contributed by atoms with E-state index >= 15 is 0 Å². The molecule has 6 nitrogen and oxygen atoms in total. The number of hydrogen-bond acceptors (Lipinski definition) is 4. The van der Waals surface area contributed by atoms with Crippen LogP contribution in [0, 0.1) is 0 Å². The fourth-order valence-electron chi connectivity index (χ4n) is 2.30. The summed E-state index contributed by atoms with van der Waals surface area (Å²) in [5, 5.41) is 3.33. The Labute approximate surface area is 145 Å². The average molecular weight is 337 g/mol. The van der Waals surface area contributed by atoms with E-state index < -0.39 is 0 Å². The highest BCUT2D eigenvalue weighted by atomic mass is 16.5. The summed E-state index contributed by atoms with van der Waals surface area (Å²) in [4.78, 5) is 6.78. The number of guanidine groups is 1. The third-order valence-electron chi connectivity index (χ3n) is 3.65. The lowest BCUT2D eigenvalue weighted by atomic mass is 10.1. The van der Waals surface area contributed by atoms with Gasteiger partial charge in [0.1, 0.15) is 0 Å². The van der Waals surface area contributed by atoms with Crippen LogP contribution in [0.25, 0.3) is 0 Å². The van der Waals surface area contributed by atoms with E-state index in [0.717, 1.165) is 56.5 Å². The van der Waals surface area contributed by atoms with Crippen LogP contribution in [-0.4, -0.2) is 65.5 Å². The van der Waals surface area contributed by atoms with Crippen LogP contribution in [0.15, 0.2) is 23.2 Å². The monoisotopic (exact) mass is 337 g/mol. The van der Waals surface area contributed by atoms with Crippen molar-refractivity contribution in [2.24, 2.45) is 4.99 Å². The zero-order valence-electron chi connectivity index (χ0n) is 15.6. The molecule has 0 amide bonds. The summed E-state index contributed by atoms with van der Waals surface area (Å²) < 4.78 is 15.7. The van der Waals surface area contributed by atoms with Crippen LogP contribution in [0.1, 0.15) is 18.9 Å². The quantitative estimate of drug-likeness (QED) is 0.403. The molecule has 0 unspecified atom stereocenters. The lowest BCUT2D eigenvalue weighted by molar-refractivity contribution is 0.197. The minimum absolute atomic E-state index is 0.734. The molecule has 0 bridgehead atoms. The first-order chi connectivity index (χ1) is 11.7. The summed E-state index contributed by atoms with van der Waals surface area (Å²) in [6, 6.07) is 6.03. The van der Waals surface area contributed by atoms with Gasteiger partial charge in [0.05, 0.1) is 14.2 Å². The van der Waals surface area contributed by atoms with Gasteiger partial charge < -0.3 is 24.4 Å². The fraction of sp³-hybridized carbons (Fsp3) is 0.611. The Morgan fingerprint density at radius 2 is 1.92 bits per heavy atom. The molecule has 0 aliphatic rings. The Kier molecular flexibility index (Phi) is 9.68. The molecule has 0 aliphatic carbocycles. The van der Waals surface area contributed by atoms with Crippen molar-refractivity contribution in [1.82, 2.24) is 10.2 Å². The molecule has 0 aromatic heterocycles. The number of methoxy groups -OCH3 is 3. The van der Waals surface area contributed by atoms with Gasteiger partial charge in [-0.2, -0.15) is 0 Å². The number of benzene rings is 1. The maximum absolute atomic E-state index is 5.36. The lowest BCUT2D eigenvalue weighted by Gasteiger charge is -2.22. The Balaban J connectivity index is 2.62. The third kappa shape index (κ3) is 6.66. The topological polar surface area (TPSA) is 55.3 Å². The van der Waals surface area contributed by atoms with Crippen molar-refractivity contribution in [1.29, 1.82) is 0 Å². The van der Waals surface area contributed by atoms with Crippen LogP contribution in [0.4, 0.5) is 0 Å². The molecule has 1 aromatic rings.